The lowest BCUT2D eigenvalue weighted by molar-refractivity contribution is 0.102. The van der Waals surface area contributed by atoms with Crippen molar-refractivity contribution in [2.45, 2.75) is 0 Å². The predicted octanol–water partition coefficient (Wildman–Crippen LogP) is 3.08. The van der Waals surface area contributed by atoms with E-state index in [0.717, 1.165) is 0 Å². The van der Waals surface area contributed by atoms with Gasteiger partial charge in [0.25, 0.3) is 5.91 Å². The van der Waals surface area contributed by atoms with E-state index in [1.165, 1.54) is 6.07 Å². The number of halogens is 3. The van der Waals surface area contributed by atoms with Crippen LogP contribution in [-0.4, -0.2) is 12.7 Å². The highest BCUT2D eigenvalue weighted by Crippen LogP contribution is 2.34. The van der Waals surface area contributed by atoms with Crippen LogP contribution in [0.15, 0.2) is 30.3 Å². The maximum absolute atomic E-state index is 13.1. The van der Waals surface area contributed by atoms with Crippen LogP contribution >= 0.6 is 0 Å². The number of carbonyl (C=O) groups is 1. The van der Waals surface area contributed by atoms with Gasteiger partial charge < -0.3 is 14.8 Å². The van der Waals surface area contributed by atoms with Gasteiger partial charge in [0.1, 0.15) is 0 Å². The summed E-state index contributed by atoms with van der Waals surface area (Å²) in [6.07, 6.45) is 0. The number of ether oxygens (including phenoxy) is 2. The standard InChI is InChI=1S/C14H8F3NO3/c15-9-3-7(4-10(16)13(9)17)14(19)18-8-1-2-11-12(5-8)21-6-20-11/h1-5H,6H2,(H,18,19). The zero-order valence-electron chi connectivity index (χ0n) is 10.5. The van der Waals surface area contributed by atoms with Crippen LogP contribution in [0.4, 0.5) is 18.9 Å². The topological polar surface area (TPSA) is 47.6 Å². The molecule has 1 N–H and O–H groups in total. The van der Waals surface area contributed by atoms with Gasteiger partial charge in [0.05, 0.1) is 0 Å². The van der Waals surface area contributed by atoms with E-state index in [9.17, 15) is 18.0 Å². The normalized spacial score (nSPS) is 12.3. The van der Waals surface area contributed by atoms with Crippen LogP contribution in [0.3, 0.4) is 0 Å². The molecule has 7 heteroatoms. The summed E-state index contributed by atoms with van der Waals surface area (Å²) < 4.78 is 49.3. The molecule has 3 rings (SSSR count). The molecule has 1 aliphatic heterocycles. The first-order valence-electron chi connectivity index (χ1n) is 5.90. The highest BCUT2D eigenvalue weighted by molar-refractivity contribution is 6.04. The molecule has 4 nitrogen and oxygen atoms in total. The van der Waals surface area contributed by atoms with Crippen LogP contribution in [0.25, 0.3) is 0 Å². The molecule has 0 fully saturated rings. The molecule has 0 aromatic heterocycles. The van der Waals surface area contributed by atoms with E-state index in [0.29, 0.717) is 29.3 Å². The molecular weight excluding hydrogens is 287 g/mol. The van der Waals surface area contributed by atoms with Gasteiger partial charge in [-0.2, -0.15) is 0 Å². The van der Waals surface area contributed by atoms with Crippen LogP contribution in [-0.2, 0) is 0 Å². The van der Waals surface area contributed by atoms with Gasteiger partial charge in [0.15, 0.2) is 29.0 Å². The van der Waals surface area contributed by atoms with Crippen molar-refractivity contribution in [3.05, 3.63) is 53.3 Å². The number of nitrogens with one attached hydrogen (secondary N) is 1. The summed E-state index contributed by atoms with van der Waals surface area (Å²) in [6, 6.07) is 5.89. The fourth-order valence-corrected chi connectivity index (χ4v) is 1.86. The number of amides is 1. The number of hydrogen-bond acceptors (Lipinski definition) is 3. The zero-order valence-corrected chi connectivity index (χ0v) is 10.5. The minimum atomic E-state index is -1.62. The molecule has 21 heavy (non-hydrogen) atoms. The number of fused-ring (bicyclic) bond motifs is 1. The maximum atomic E-state index is 13.1. The third kappa shape index (κ3) is 2.49. The largest absolute Gasteiger partial charge is 0.454 e. The van der Waals surface area contributed by atoms with Crippen LogP contribution in [0.2, 0.25) is 0 Å². The summed E-state index contributed by atoms with van der Waals surface area (Å²) in [6.45, 7) is 0.0844. The van der Waals surface area contributed by atoms with Crippen molar-refractivity contribution in [1.29, 1.82) is 0 Å². The van der Waals surface area contributed by atoms with E-state index in [1.807, 2.05) is 0 Å². The van der Waals surface area contributed by atoms with E-state index in [2.05, 4.69) is 5.32 Å². The van der Waals surface area contributed by atoms with Crippen molar-refractivity contribution >= 4 is 11.6 Å². The molecule has 0 bridgehead atoms. The molecule has 2 aromatic carbocycles. The van der Waals surface area contributed by atoms with Gasteiger partial charge in [-0.25, -0.2) is 13.2 Å². The van der Waals surface area contributed by atoms with Gasteiger partial charge in [-0.05, 0) is 24.3 Å². The van der Waals surface area contributed by atoms with Gasteiger partial charge in [-0.15, -0.1) is 0 Å². The second-order valence-corrected chi connectivity index (χ2v) is 4.28. The minimum Gasteiger partial charge on any atom is -0.454 e. The Labute approximate surface area is 117 Å². The summed E-state index contributed by atoms with van der Waals surface area (Å²) in [7, 11) is 0. The molecule has 1 heterocycles. The first-order chi connectivity index (χ1) is 10.0. The third-order valence-corrected chi connectivity index (χ3v) is 2.88. The summed E-state index contributed by atoms with van der Waals surface area (Å²) in [4.78, 5) is 11.9. The van der Waals surface area contributed by atoms with Crippen LogP contribution < -0.4 is 14.8 Å². The Morgan fingerprint density at radius 2 is 1.67 bits per heavy atom. The summed E-state index contributed by atoms with van der Waals surface area (Å²) in [5, 5.41) is 2.43. The third-order valence-electron chi connectivity index (χ3n) is 2.88. The molecule has 1 aliphatic rings. The maximum Gasteiger partial charge on any atom is 0.255 e. The van der Waals surface area contributed by atoms with Crippen molar-refractivity contribution in [2.24, 2.45) is 0 Å². The molecule has 0 saturated carbocycles. The number of benzene rings is 2. The predicted molar refractivity (Wildman–Crippen MR) is 66.8 cm³/mol. The number of anilines is 1. The quantitative estimate of drug-likeness (QED) is 0.866. The highest BCUT2D eigenvalue weighted by atomic mass is 19.2. The Hall–Kier alpha value is -2.70. The monoisotopic (exact) mass is 295 g/mol. The SMILES string of the molecule is O=C(Nc1ccc2c(c1)OCO2)c1cc(F)c(F)c(F)c1. The van der Waals surface area contributed by atoms with Crippen LogP contribution in [0, 0.1) is 17.5 Å². The van der Waals surface area contributed by atoms with E-state index in [1.54, 1.807) is 12.1 Å². The van der Waals surface area contributed by atoms with Gasteiger partial charge in [0, 0.05) is 17.3 Å². The number of hydrogen-bond donors (Lipinski definition) is 1. The molecule has 0 atom stereocenters. The molecule has 108 valence electrons. The zero-order chi connectivity index (χ0) is 15.0. The number of carbonyl (C=O) groups excluding carboxylic acids is 1. The highest BCUT2D eigenvalue weighted by Gasteiger charge is 2.17. The van der Waals surface area contributed by atoms with Crippen molar-refractivity contribution in [2.75, 3.05) is 12.1 Å². The summed E-state index contributed by atoms with van der Waals surface area (Å²) in [5.74, 6) is -4.26. The second kappa shape index (κ2) is 5.01. The Kier molecular flexibility index (Phi) is 3.17. The fraction of sp³-hybridized carbons (Fsp3) is 0.0714. The molecule has 1 amide bonds. The number of rotatable bonds is 2. The fourth-order valence-electron chi connectivity index (χ4n) is 1.86. The van der Waals surface area contributed by atoms with Crippen molar-refractivity contribution in [1.82, 2.24) is 0 Å². The average molecular weight is 295 g/mol. The Balaban J connectivity index is 1.83. The lowest BCUT2D eigenvalue weighted by atomic mass is 10.2. The summed E-state index contributed by atoms with van der Waals surface area (Å²) in [5.41, 5.74) is 0.0264. The molecule has 2 aromatic rings. The van der Waals surface area contributed by atoms with E-state index in [4.69, 9.17) is 9.47 Å². The van der Waals surface area contributed by atoms with Gasteiger partial charge >= 0.3 is 0 Å². The molecular formula is C14H8F3NO3. The first-order valence-corrected chi connectivity index (χ1v) is 5.90. The summed E-state index contributed by atoms with van der Waals surface area (Å²) >= 11 is 0. The lowest BCUT2D eigenvalue weighted by Crippen LogP contribution is -2.13. The van der Waals surface area contributed by atoms with E-state index in [-0.39, 0.29) is 12.4 Å². The van der Waals surface area contributed by atoms with Gasteiger partial charge in [-0.1, -0.05) is 0 Å². The molecule has 0 saturated heterocycles. The van der Waals surface area contributed by atoms with Crippen LogP contribution in [0.1, 0.15) is 10.4 Å². The van der Waals surface area contributed by atoms with Crippen molar-refractivity contribution < 1.29 is 27.4 Å². The smallest absolute Gasteiger partial charge is 0.255 e. The van der Waals surface area contributed by atoms with Crippen molar-refractivity contribution in [3.63, 3.8) is 0 Å². The molecule has 0 unspecified atom stereocenters. The van der Waals surface area contributed by atoms with E-state index < -0.39 is 23.4 Å². The first kappa shape index (κ1) is 13.3. The molecule has 0 spiro atoms. The minimum absolute atomic E-state index is 0.0844. The van der Waals surface area contributed by atoms with Crippen molar-refractivity contribution in [3.8, 4) is 11.5 Å². The Morgan fingerprint density at radius 1 is 1.00 bits per heavy atom. The lowest BCUT2D eigenvalue weighted by Gasteiger charge is -2.07. The van der Waals surface area contributed by atoms with Gasteiger partial charge in [-0.3, -0.25) is 4.79 Å². The Bertz CT molecular complexity index is 710. The van der Waals surface area contributed by atoms with Gasteiger partial charge in [0.2, 0.25) is 6.79 Å². The molecule has 0 aliphatic carbocycles. The van der Waals surface area contributed by atoms with Crippen LogP contribution in [0.5, 0.6) is 11.5 Å². The average Bonchev–Trinajstić information content (AvgIpc) is 2.91. The Morgan fingerprint density at radius 3 is 2.38 bits per heavy atom. The molecule has 0 radical (unpaired) electrons. The second-order valence-electron chi connectivity index (χ2n) is 4.28. The van der Waals surface area contributed by atoms with E-state index >= 15 is 0 Å².